The molecule has 0 aromatic carbocycles. The lowest BCUT2D eigenvalue weighted by Gasteiger charge is -2.22. The van der Waals surface area contributed by atoms with Gasteiger partial charge in [0.05, 0.1) is 6.61 Å². The normalized spacial score (nSPS) is 17.2. The molecule has 0 amide bonds. The zero-order valence-corrected chi connectivity index (χ0v) is 14.0. The Kier molecular flexibility index (Phi) is 6.61. The number of hydrogen-bond donors (Lipinski definition) is 0. The molecule has 21 heavy (non-hydrogen) atoms. The number of hydrogen-bond acceptors (Lipinski definition) is 4. The molecule has 1 aromatic heterocycles. The van der Waals surface area contributed by atoms with E-state index in [1.165, 1.54) is 32.1 Å². The summed E-state index contributed by atoms with van der Waals surface area (Å²) >= 11 is 1.72. The van der Waals surface area contributed by atoms with Crippen LogP contribution in [0.3, 0.4) is 0 Å². The SMILES string of the molecule is CSCCOc1nc(=O)n(C2CCCCCCC2)cc1C. The molecule has 1 fully saturated rings. The zero-order valence-electron chi connectivity index (χ0n) is 13.1. The summed E-state index contributed by atoms with van der Waals surface area (Å²) in [4.78, 5) is 16.4. The monoisotopic (exact) mass is 310 g/mol. The van der Waals surface area contributed by atoms with Crippen molar-refractivity contribution in [1.29, 1.82) is 0 Å². The Morgan fingerprint density at radius 1 is 1.29 bits per heavy atom. The zero-order chi connectivity index (χ0) is 15.1. The lowest BCUT2D eigenvalue weighted by atomic mass is 9.96. The first-order valence-corrected chi connectivity index (χ1v) is 9.33. The van der Waals surface area contributed by atoms with Crippen LogP contribution in [0.2, 0.25) is 0 Å². The van der Waals surface area contributed by atoms with Gasteiger partial charge >= 0.3 is 5.69 Å². The highest BCUT2D eigenvalue weighted by molar-refractivity contribution is 7.98. The van der Waals surface area contributed by atoms with Gasteiger partial charge in [0, 0.05) is 23.6 Å². The molecule has 0 aliphatic heterocycles. The molecule has 0 N–H and O–H groups in total. The fourth-order valence-electron chi connectivity index (χ4n) is 2.89. The average molecular weight is 310 g/mol. The van der Waals surface area contributed by atoms with Crippen molar-refractivity contribution in [2.75, 3.05) is 18.6 Å². The van der Waals surface area contributed by atoms with Gasteiger partial charge in [-0.2, -0.15) is 16.7 Å². The third kappa shape index (κ3) is 4.77. The minimum atomic E-state index is -0.162. The molecule has 0 atom stereocenters. The second-order valence-corrected chi connectivity index (χ2v) is 6.74. The number of aromatic nitrogens is 2. The molecule has 0 radical (unpaired) electrons. The van der Waals surface area contributed by atoms with E-state index in [-0.39, 0.29) is 5.69 Å². The molecule has 118 valence electrons. The van der Waals surface area contributed by atoms with Crippen LogP contribution in [0.25, 0.3) is 0 Å². The van der Waals surface area contributed by atoms with Gasteiger partial charge < -0.3 is 4.74 Å². The number of ether oxygens (including phenoxy) is 1. The molecule has 5 heteroatoms. The molecule has 0 saturated heterocycles. The number of rotatable bonds is 5. The Balaban J connectivity index is 2.12. The second kappa shape index (κ2) is 8.47. The van der Waals surface area contributed by atoms with Crippen molar-refractivity contribution in [2.45, 2.75) is 57.9 Å². The van der Waals surface area contributed by atoms with Gasteiger partial charge in [0.2, 0.25) is 5.88 Å². The van der Waals surface area contributed by atoms with Crippen molar-refractivity contribution in [3.05, 3.63) is 22.2 Å². The van der Waals surface area contributed by atoms with Crippen molar-refractivity contribution < 1.29 is 4.74 Å². The highest BCUT2D eigenvalue weighted by atomic mass is 32.2. The predicted molar refractivity (Wildman–Crippen MR) is 88.5 cm³/mol. The molecule has 1 heterocycles. The smallest absolute Gasteiger partial charge is 0.351 e. The van der Waals surface area contributed by atoms with Crippen LogP contribution < -0.4 is 10.4 Å². The quantitative estimate of drug-likeness (QED) is 0.780. The first-order chi connectivity index (χ1) is 10.2. The molecule has 0 unspecified atom stereocenters. The molecule has 1 aliphatic carbocycles. The predicted octanol–water partition coefficient (Wildman–Crippen LogP) is 3.58. The van der Waals surface area contributed by atoms with Crippen LogP contribution in [0.15, 0.2) is 11.0 Å². The maximum absolute atomic E-state index is 12.3. The lowest BCUT2D eigenvalue weighted by molar-refractivity contribution is 0.315. The van der Waals surface area contributed by atoms with Crippen molar-refractivity contribution in [1.82, 2.24) is 9.55 Å². The van der Waals surface area contributed by atoms with Crippen LogP contribution in [0, 0.1) is 6.92 Å². The Morgan fingerprint density at radius 3 is 2.62 bits per heavy atom. The maximum atomic E-state index is 12.3. The van der Waals surface area contributed by atoms with Crippen molar-refractivity contribution in [3.8, 4) is 5.88 Å². The van der Waals surface area contributed by atoms with Crippen LogP contribution in [-0.4, -0.2) is 28.2 Å². The summed E-state index contributed by atoms with van der Waals surface area (Å²) in [6.45, 7) is 2.57. The summed E-state index contributed by atoms with van der Waals surface area (Å²) < 4.78 is 7.44. The van der Waals surface area contributed by atoms with E-state index in [0.29, 0.717) is 18.5 Å². The van der Waals surface area contributed by atoms with E-state index in [0.717, 1.165) is 24.2 Å². The maximum Gasteiger partial charge on any atom is 0.351 e. The number of aryl methyl sites for hydroxylation is 1. The molecule has 1 aliphatic rings. The molecule has 0 spiro atoms. The summed E-state index contributed by atoms with van der Waals surface area (Å²) in [6.07, 6.45) is 12.5. The van der Waals surface area contributed by atoms with Crippen molar-refractivity contribution in [2.24, 2.45) is 0 Å². The molecule has 1 aromatic rings. The Labute approximate surface area is 131 Å². The first-order valence-electron chi connectivity index (χ1n) is 7.94. The van der Waals surface area contributed by atoms with Gasteiger partial charge in [-0.25, -0.2) is 4.79 Å². The van der Waals surface area contributed by atoms with E-state index in [2.05, 4.69) is 4.98 Å². The van der Waals surface area contributed by atoms with Gasteiger partial charge in [0.1, 0.15) is 0 Å². The average Bonchev–Trinajstić information content (AvgIpc) is 2.43. The fraction of sp³-hybridized carbons (Fsp3) is 0.750. The van der Waals surface area contributed by atoms with E-state index in [1.54, 1.807) is 11.8 Å². The molecule has 2 rings (SSSR count). The summed E-state index contributed by atoms with van der Waals surface area (Å²) in [5.41, 5.74) is 0.795. The van der Waals surface area contributed by atoms with Gasteiger partial charge in [-0.1, -0.05) is 32.1 Å². The van der Waals surface area contributed by atoms with E-state index in [1.807, 2.05) is 23.9 Å². The highest BCUT2D eigenvalue weighted by Gasteiger charge is 2.16. The Hall–Kier alpha value is -0.970. The Bertz CT molecular complexity index is 494. The van der Waals surface area contributed by atoms with E-state index in [9.17, 15) is 4.79 Å². The minimum absolute atomic E-state index is 0.162. The third-order valence-corrected chi connectivity index (χ3v) is 4.66. The molecular weight excluding hydrogens is 284 g/mol. The van der Waals surface area contributed by atoms with Crippen LogP contribution in [0.4, 0.5) is 0 Å². The van der Waals surface area contributed by atoms with E-state index in [4.69, 9.17) is 4.74 Å². The minimum Gasteiger partial charge on any atom is -0.476 e. The van der Waals surface area contributed by atoms with Gasteiger partial charge in [-0.3, -0.25) is 4.57 Å². The van der Waals surface area contributed by atoms with Crippen LogP contribution >= 0.6 is 11.8 Å². The fourth-order valence-corrected chi connectivity index (χ4v) is 3.14. The van der Waals surface area contributed by atoms with E-state index < -0.39 is 0 Å². The van der Waals surface area contributed by atoms with Crippen LogP contribution in [-0.2, 0) is 0 Å². The van der Waals surface area contributed by atoms with Crippen molar-refractivity contribution in [3.63, 3.8) is 0 Å². The van der Waals surface area contributed by atoms with Crippen molar-refractivity contribution >= 4 is 11.8 Å². The standard InChI is InChI=1S/C16H26N2O2S/c1-13-12-18(14-8-6-4-3-5-7-9-14)16(19)17-15(13)20-10-11-21-2/h12,14H,3-11H2,1-2H3. The van der Waals surface area contributed by atoms with Gasteiger partial charge in [0.15, 0.2) is 0 Å². The highest BCUT2D eigenvalue weighted by Crippen LogP contribution is 2.26. The third-order valence-electron chi connectivity index (χ3n) is 4.08. The molecule has 1 saturated carbocycles. The van der Waals surface area contributed by atoms with Gasteiger partial charge in [-0.05, 0) is 26.0 Å². The second-order valence-electron chi connectivity index (χ2n) is 5.76. The first kappa shape index (κ1) is 16.4. The molecule has 0 bridgehead atoms. The summed E-state index contributed by atoms with van der Waals surface area (Å²) in [7, 11) is 0. The van der Waals surface area contributed by atoms with Gasteiger partial charge in [-0.15, -0.1) is 0 Å². The Morgan fingerprint density at radius 2 is 1.95 bits per heavy atom. The number of thioether (sulfide) groups is 1. The summed E-state index contributed by atoms with van der Waals surface area (Å²) in [5, 5.41) is 0. The topological polar surface area (TPSA) is 44.1 Å². The summed E-state index contributed by atoms with van der Waals surface area (Å²) in [6, 6.07) is 0.309. The molecule has 4 nitrogen and oxygen atoms in total. The largest absolute Gasteiger partial charge is 0.476 e. The summed E-state index contributed by atoms with van der Waals surface area (Å²) in [5.74, 6) is 1.41. The van der Waals surface area contributed by atoms with Crippen LogP contribution in [0.5, 0.6) is 5.88 Å². The van der Waals surface area contributed by atoms with Crippen LogP contribution in [0.1, 0.15) is 56.6 Å². The van der Waals surface area contributed by atoms with Gasteiger partial charge in [0.25, 0.3) is 0 Å². The number of nitrogens with zero attached hydrogens (tertiary/aromatic N) is 2. The lowest BCUT2D eigenvalue weighted by Crippen LogP contribution is -2.28. The van der Waals surface area contributed by atoms with E-state index >= 15 is 0 Å². The molecular formula is C16H26N2O2S.